The highest BCUT2D eigenvalue weighted by molar-refractivity contribution is 6.30. The molecule has 3 rings (SSSR count). The number of nitrogens with two attached hydrogens (primary N) is 2. The van der Waals surface area contributed by atoms with Crippen molar-refractivity contribution in [3.05, 3.63) is 39.9 Å². The van der Waals surface area contributed by atoms with Gasteiger partial charge in [0.25, 0.3) is 11.7 Å². The minimum Gasteiger partial charge on any atom is -0.423 e. The average molecular weight is 338 g/mol. The highest BCUT2D eigenvalue weighted by Gasteiger charge is 2.39. The van der Waals surface area contributed by atoms with Crippen LogP contribution in [0.1, 0.15) is 22.6 Å². The van der Waals surface area contributed by atoms with E-state index in [-0.39, 0.29) is 22.9 Å². The van der Waals surface area contributed by atoms with Gasteiger partial charge in [-0.2, -0.15) is 15.8 Å². The fourth-order valence-electron chi connectivity index (χ4n) is 2.81. The van der Waals surface area contributed by atoms with Crippen molar-refractivity contribution in [3.8, 4) is 29.8 Å². The van der Waals surface area contributed by atoms with Crippen molar-refractivity contribution in [2.75, 3.05) is 11.5 Å². The standard InChI is InChI=1S/C16H9ClN6O/c17-8-1-2-11-9(3-8)12(7(4-18)5-19)13-14(21)10(6-20)15(22)23-16(13)24-11/h1-3,7,12H,(H4,21,22,23)/p+1/t12-/m1/s1. The van der Waals surface area contributed by atoms with Crippen LogP contribution in [-0.2, 0) is 0 Å². The number of pyridine rings is 1. The van der Waals surface area contributed by atoms with Gasteiger partial charge < -0.3 is 10.5 Å². The lowest BCUT2D eigenvalue weighted by Crippen LogP contribution is -2.27. The van der Waals surface area contributed by atoms with E-state index in [4.69, 9.17) is 27.8 Å². The molecule has 1 aliphatic rings. The maximum atomic E-state index is 9.38. The first-order valence-corrected chi connectivity index (χ1v) is 7.20. The van der Waals surface area contributed by atoms with Gasteiger partial charge in [-0.05, 0) is 18.2 Å². The van der Waals surface area contributed by atoms with E-state index in [2.05, 4.69) is 4.98 Å². The number of nitriles is 3. The van der Waals surface area contributed by atoms with Gasteiger partial charge in [-0.3, -0.25) is 5.73 Å². The molecular formula is C16H10ClN6O+. The summed E-state index contributed by atoms with van der Waals surface area (Å²) in [7, 11) is 0. The molecule has 24 heavy (non-hydrogen) atoms. The summed E-state index contributed by atoms with van der Waals surface area (Å²) in [5.41, 5.74) is 12.9. The molecule has 0 spiro atoms. The summed E-state index contributed by atoms with van der Waals surface area (Å²) in [5, 5.41) is 28.5. The number of anilines is 2. The van der Waals surface area contributed by atoms with Crippen LogP contribution in [0.3, 0.4) is 0 Å². The van der Waals surface area contributed by atoms with Crippen LogP contribution in [0.4, 0.5) is 11.5 Å². The number of H-pyrrole nitrogens is 1. The number of hydrogen-bond acceptors (Lipinski definition) is 6. The molecule has 1 aromatic carbocycles. The molecule has 0 aliphatic carbocycles. The second kappa shape index (κ2) is 5.62. The van der Waals surface area contributed by atoms with E-state index in [0.29, 0.717) is 21.9 Å². The molecule has 0 saturated heterocycles. The van der Waals surface area contributed by atoms with Crippen molar-refractivity contribution in [3.63, 3.8) is 0 Å². The second-order valence-electron chi connectivity index (χ2n) is 5.18. The lowest BCUT2D eigenvalue weighted by atomic mass is 9.79. The van der Waals surface area contributed by atoms with Gasteiger partial charge in [0.15, 0.2) is 5.56 Å². The second-order valence-corrected chi connectivity index (χ2v) is 5.62. The third-order valence-corrected chi connectivity index (χ3v) is 4.11. The summed E-state index contributed by atoms with van der Waals surface area (Å²) in [4.78, 5) is 2.78. The predicted molar refractivity (Wildman–Crippen MR) is 84.6 cm³/mol. The third-order valence-electron chi connectivity index (χ3n) is 3.87. The zero-order chi connectivity index (χ0) is 17.4. The first kappa shape index (κ1) is 15.4. The van der Waals surface area contributed by atoms with E-state index in [1.54, 1.807) is 18.2 Å². The van der Waals surface area contributed by atoms with E-state index in [1.807, 2.05) is 18.2 Å². The van der Waals surface area contributed by atoms with Gasteiger partial charge in [-0.1, -0.05) is 11.6 Å². The zero-order valence-electron chi connectivity index (χ0n) is 12.2. The first-order valence-electron chi connectivity index (χ1n) is 6.82. The fraction of sp³-hybridized carbons (Fsp3) is 0.125. The fourth-order valence-corrected chi connectivity index (χ4v) is 2.99. The quantitative estimate of drug-likeness (QED) is 0.814. The van der Waals surface area contributed by atoms with E-state index in [9.17, 15) is 15.8 Å². The van der Waals surface area contributed by atoms with Gasteiger partial charge >= 0.3 is 0 Å². The molecule has 7 nitrogen and oxygen atoms in total. The molecule has 1 aliphatic heterocycles. The van der Waals surface area contributed by atoms with Gasteiger partial charge in [0.2, 0.25) is 0 Å². The number of hydrogen-bond donors (Lipinski definition) is 2. The van der Waals surface area contributed by atoms with Crippen LogP contribution >= 0.6 is 11.6 Å². The normalized spacial score (nSPS) is 14.5. The molecule has 0 saturated carbocycles. The van der Waals surface area contributed by atoms with E-state index in [1.165, 1.54) is 0 Å². The summed E-state index contributed by atoms with van der Waals surface area (Å²) in [5.74, 6) is -1.07. The van der Waals surface area contributed by atoms with Crippen molar-refractivity contribution in [2.45, 2.75) is 5.92 Å². The van der Waals surface area contributed by atoms with Crippen LogP contribution in [0.2, 0.25) is 5.02 Å². The highest BCUT2D eigenvalue weighted by Crippen LogP contribution is 2.49. The molecule has 2 aromatic rings. The first-order chi connectivity index (χ1) is 11.5. The van der Waals surface area contributed by atoms with Gasteiger partial charge in [-0.25, -0.2) is 4.98 Å². The maximum absolute atomic E-state index is 9.38. The molecule has 1 aromatic heterocycles. The van der Waals surface area contributed by atoms with Crippen molar-refractivity contribution in [2.24, 2.45) is 5.92 Å². The predicted octanol–water partition coefficient (Wildman–Crippen LogP) is 2.09. The Bertz CT molecular complexity index is 968. The number of ether oxygens (including phenoxy) is 1. The Balaban J connectivity index is 2.37. The van der Waals surface area contributed by atoms with Crippen molar-refractivity contribution < 1.29 is 9.72 Å². The third kappa shape index (κ3) is 2.14. The molecular weight excluding hydrogens is 328 g/mol. The van der Waals surface area contributed by atoms with Crippen LogP contribution < -0.4 is 21.2 Å². The Labute approximate surface area is 142 Å². The lowest BCUT2D eigenvalue weighted by Gasteiger charge is -2.28. The molecule has 1 atom stereocenters. The van der Waals surface area contributed by atoms with Crippen LogP contribution in [0.5, 0.6) is 11.6 Å². The molecule has 0 radical (unpaired) electrons. The number of aromatic amines is 1. The smallest absolute Gasteiger partial charge is 0.293 e. The summed E-state index contributed by atoms with van der Waals surface area (Å²) in [6.07, 6.45) is 0. The minimum absolute atomic E-state index is 0.0439. The average Bonchev–Trinajstić information content (AvgIpc) is 2.56. The minimum atomic E-state index is -1.05. The van der Waals surface area contributed by atoms with Crippen molar-refractivity contribution in [1.82, 2.24) is 0 Å². The number of benzene rings is 1. The summed E-state index contributed by atoms with van der Waals surface area (Å²) < 4.78 is 5.76. The zero-order valence-corrected chi connectivity index (χ0v) is 12.9. The molecule has 2 heterocycles. The molecule has 0 fully saturated rings. The van der Waals surface area contributed by atoms with Gasteiger partial charge in [-0.15, -0.1) is 0 Å². The molecule has 8 heteroatoms. The van der Waals surface area contributed by atoms with Gasteiger partial charge in [0.05, 0.1) is 29.3 Å². The van der Waals surface area contributed by atoms with Gasteiger partial charge in [0, 0.05) is 10.6 Å². The molecule has 0 amide bonds. The van der Waals surface area contributed by atoms with Crippen LogP contribution in [0, 0.1) is 39.9 Å². The Hall–Kier alpha value is -3.47. The number of rotatable bonds is 1. The van der Waals surface area contributed by atoms with Crippen molar-refractivity contribution in [1.29, 1.82) is 15.8 Å². The number of nitrogens with one attached hydrogen (secondary N) is 1. The molecule has 0 unspecified atom stereocenters. The summed E-state index contributed by atoms with van der Waals surface area (Å²) >= 11 is 6.05. The van der Waals surface area contributed by atoms with Crippen molar-refractivity contribution >= 4 is 23.1 Å². The molecule has 116 valence electrons. The summed E-state index contributed by atoms with van der Waals surface area (Å²) in [6, 6.07) is 10.7. The SMILES string of the molecule is N#Cc1c(N)[nH+]c2c(c1N)[C@H](C(C#N)C#N)c1cc(Cl)ccc1O2. The van der Waals surface area contributed by atoms with Crippen LogP contribution in [0.15, 0.2) is 18.2 Å². The van der Waals surface area contributed by atoms with Gasteiger partial charge in [0.1, 0.15) is 17.7 Å². The van der Waals surface area contributed by atoms with Crippen LogP contribution in [0.25, 0.3) is 0 Å². The highest BCUT2D eigenvalue weighted by atomic mass is 35.5. The van der Waals surface area contributed by atoms with E-state index < -0.39 is 11.8 Å². The monoisotopic (exact) mass is 337 g/mol. The molecule has 5 N–H and O–H groups in total. The Kier molecular flexibility index (Phi) is 3.62. The maximum Gasteiger partial charge on any atom is 0.293 e. The lowest BCUT2D eigenvalue weighted by molar-refractivity contribution is -0.375. The molecule has 0 bridgehead atoms. The van der Waals surface area contributed by atoms with Crippen LogP contribution in [-0.4, -0.2) is 0 Å². The Morgan fingerprint density at radius 3 is 2.54 bits per heavy atom. The number of aromatic nitrogens is 1. The number of nitrogens with zero attached hydrogens (tertiary/aromatic N) is 3. The topological polar surface area (TPSA) is 147 Å². The van der Waals surface area contributed by atoms with E-state index in [0.717, 1.165) is 0 Å². The van der Waals surface area contributed by atoms with E-state index >= 15 is 0 Å². The largest absolute Gasteiger partial charge is 0.423 e. The number of halogens is 1. The number of nitrogen functional groups attached to an aromatic ring is 2. The summed E-state index contributed by atoms with van der Waals surface area (Å²) in [6.45, 7) is 0. The Morgan fingerprint density at radius 1 is 1.21 bits per heavy atom. The number of fused-ring (bicyclic) bond motifs is 2. The Morgan fingerprint density at radius 2 is 1.92 bits per heavy atom.